The Morgan fingerprint density at radius 3 is 2.83 bits per heavy atom. The molecule has 0 spiro atoms. The molecule has 1 unspecified atom stereocenters. The van der Waals surface area contributed by atoms with Crippen LogP contribution >= 0.6 is 11.8 Å². The maximum atomic E-state index is 5.76. The Morgan fingerprint density at radius 1 is 1.43 bits per heavy atom. The Morgan fingerprint density at radius 2 is 2.17 bits per heavy atom. The highest BCUT2D eigenvalue weighted by molar-refractivity contribution is 8.13. The van der Waals surface area contributed by atoms with Gasteiger partial charge in [-0.1, -0.05) is 55.0 Å². The lowest BCUT2D eigenvalue weighted by atomic mass is 9.95. The molecular weight excluding hydrogens is 301 g/mol. The van der Waals surface area contributed by atoms with Crippen molar-refractivity contribution in [2.45, 2.75) is 38.8 Å². The molecule has 0 bridgehead atoms. The van der Waals surface area contributed by atoms with E-state index in [0.717, 1.165) is 42.4 Å². The number of nitrogens with one attached hydrogen (secondary N) is 1. The number of amidine groups is 1. The minimum absolute atomic E-state index is 0.520. The van der Waals surface area contributed by atoms with Gasteiger partial charge in [0, 0.05) is 18.3 Å². The Bertz CT molecular complexity index is 542. The lowest BCUT2D eigenvalue weighted by Crippen LogP contribution is -2.32. The van der Waals surface area contributed by atoms with Crippen LogP contribution in [0.2, 0.25) is 0 Å². The van der Waals surface area contributed by atoms with Crippen molar-refractivity contribution in [3.8, 4) is 0 Å². The normalized spacial score (nSPS) is 19.0. The van der Waals surface area contributed by atoms with E-state index in [-0.39, 0.29) is 0 Å². The number of rotatable bonds is 6. The molecule has 3 nitrogen and oxygen atoms in total. The minimum Gasteiger partial charge on any atom is -0.339 e. The summed E-state index contributed by atoms with van der Waals surface area (Å²) < 4.78 is 0. The Balaban J connectivity index is 1.92. The number of hydrogen-bond donors (Lipinski definition) is 1. The Hall–Kier alpha value is -1.20. The second-order valence-corrected chi connectivity index (χ2v) is 6.74. The summed E-state index contributed by atoms with van der Waals surface area (Å²) >= 11 is 1.65. The third-order valence-corrected chi connectivity index (χ3v) is 4.83. The second-order valence-electron chi connectivity index (χ2n) is 5.94. The molecule has 0 aromatic heterocycles. The van der Waals surface area contributed by atoms with Crippen molar-refractivity contribution < 1.29 is 0 Å². The van der Waals surface area contributed by atoms with Crippen molar-refractivity contribution in [1.82, 2.24) is 10.2 Å². The van der Waals surface area contributed by atoms with Crippen LogP contribution in [0.15, 0.2) is 41.5 Å². The summed E-state index contributed by atoms with van der Waals surface area (Å²) in [4.78, 5) is 7.29. The fourth-order valence-electron chi connectivity index (χ4n) is 2.75. The van der Waals surface area contributed by atoms with Crippen molar-refractivity contribution in [3.05, 3.63) is 42.1 Å². The molecule has 1 N–H and O–H groups in total. The number of thioether (sulfide) groups is 1. The summed E-state index contributed by atoms with van der Waals surface area (Å²) in [5.41, 5.74) is 3.16. The smallest absolute Gasteiger partial charge is 0.160 e. The molecule has 1 aromatic carbocycles. The zero-order valence-electron chi connectivity index (χ0n) is 14.2. The lowest BCUT2D eigenvalue weighted by molar-refractivity contribution is 0.251. The quantitative estimate of drug-likeness (QED) is 0.495. The number of benzene rings is 1. The molecular formula is C18H26BN3S. The molecule has 0 amide bonds. The highest BCUT2D eigenvalue weighted by Crippen LogP contribution is 2.20. The number of aliphatic imine (C=N–C) groups is 1. The third kappa shape index (κ3) is 5.74. The molecule has 1 saturated heterocycles. The molecule has 1 aliphatic heterocycles. The molecule has 0 saturated carbocycles. The number of hydrogen-bond acceptors (Lipinski definition) is 3. The summed E-state index contributed by atoms with van der Waals surface area (Å²) in [7, 11) is 5.76. The molecule has 2 rings (SSSR count). The minimum atomic E-state index is 0.520. The molecule has 2 radical (unpaired) electrons. The predicted octanol–water partition coefficient (Wildman–Crippen LogP) is 2.68. The van der Waals surface area contributed by atoms with Gasteiger partial charge in [0.15, 0.2) is 5.17 Å². The van der Waals surface area contributed by atoms with Gasteiger partial charge in [0.2, 0.25) is 0 Å². The zero-order valence-corrected chi connectivity index (χ0v) is 15.0. The van der Waals surface area contributed by atoms with Gasteiger partial charge in [-0.25, -0.2) is 0 Å². The summed E-state index contributed by atoms with van der Waals surface area (Å²) in [5, 5.41) is 4.27. The maximum Gasteiger partial charge on any atom is 0.160 e. The Labute approximate surface area is 146 Å². The van der Waals surface area contributed by atoms with E-state index in [1.807, 2.05) is 12.1 Å². The van der Waals surface area contributed by atoms with Crippen LogP contribution in [0.3, 0.4) is 0 Å². The largest absolute Gasteiger partial charge is 0.339 e. The first-order chi connectivity index (χ1) is 11.1. The van der Waals surface area contributed by atoms with Crippen molar-refractivity contribution in [2.24, 2.45) is 4.99 Å². The maximum absolute atomic E-state index is 5.76. The van der Waals surface area contributed by atoms with Gasteiger partial charge in [-0.15, -0.1) is 0 Å². The van der Waals surface area contributed by atoms with Gasteiger partial charge in [-0.3, -0.25) is 9.89 Å². The Kier molecular flexibility index (Phi) is 7.25. The first kappa shape index (κ1) is 18.1. The topological polar surface area (TPSA) is 27.6 Å². The van der Waals surface area contributed by atoms with E-state index in [0.29, 0.717) is 6.04 Å². The third-order valence-electron chi connectivity index (χ3n) is 4.21. The van der Waals surface area contributed by atoms with E-state index < -0.39 is 0 Å². The molecule has 1 heterocycles. The van der Waals surface area contributed by atoms with Crippen LogP contribution in [-0.2, 0) is 6.54 Å². The number of nitrogens with zero attached hydrogens (tertiary/aromatic N) is 2. The highest BCUT2D eigenvalue weighted by Gasteiger charge is 2.24. The number of allylic oxidation sites excluding steroid dienone is 1. The van der Waals surface area contributed by atoms with Crippen LogP contribution in [0.5, 0.6) is 0 Å². The van der Waals surface area contributed by atoms with Crippen molar-refractivity contribution in [1.29, 1.82) is 0 Å². The van der Waals surface area contributed by atoms with Gasteiger partial charge >= 0.3 is 0 Å². The molecule has 0 aliphatic carbocycles. The van der Waals surface area contributed by atoms with Gasteiger partial charge in [-0.2, -0.15) is 0 Å². The van der Waals surface area contributed by atoms with Crippen molar-refractivity contribution in [3.63, 3.8) is 0 Å². The standard InChI is InChI=1S/C18H26BN3S/c1-4-14(2)21-18(23-3)20-12-17-6-5-11-22(17)13-15-7-9-16(19)10-8-15/h7-10,17H,2,4-6,11-13H2,1,3H3,(H,20,21). The van der Waals surface area contributed by atoms with Gasteiger partial charge < -0.3 is 5.32 Å². The molecule has 1 fully saturated rings. The fourth-order valence-corrected chi connectivity index (χ4v) is 3.20. The van der Waals surface area contributed by atoms with Crippen LogP contribution in [-0.4, -0.2) is 43.3 Å². The van der Waals surface area contributed by atoms with Crippen LogP contribution in [0, 0.1) is 0 Å². The van der Waals surface area contributed by atoms with E-state index in [1.165, 1.54) is 18.4 Å². The molecule has 1 aromatic rings. The summed E-state index contributed by atoms with van der Waals surface area (Å²) in [6.07, 6.45) is 5.44. The van der Waals surface area contributed by atoms with Crippen molar-refractivity contribution in [2.75, 3.05) is 19.3 Å². The average molecular weight is 327 g/mol. The first-order valence-corrected chi connectivity index (χ1v) is 9.46. The monoisotopic (exact) mass is 327 g/mol. The lowest BCUT2D eigenvalue weighted by Gasteiger charge is -2.23. The molecule has 23 heavy (non-hydrogen) atoms. The molecule has 122 valence electrons. The van der Waals surface area contributed by atoms with Crippen molar-refractivity contribution >= 4 is 30.2 Å². The predicted molar refractivity (Wildman–Crippen MR) is 104 cm³/mol. The summed E-state index contributed by atoms with van der Waals surface area (Å²) in [6, 6.07) is 8.71. The molecule has 5 heteroatoms. The van der Waals surface area contributed by atoms with E-state index in [2.05, 4.69) is 42.1 Å². The van der Waals surface area contributed by atoms with E-state index in [1.54, 1.807) is 11.8 Å². The van der Waals surface area contributed by atoms with Crippen LogP contribution in [0.25, 0.3) is 0 Å². The van der Waals surface area contributed by atoms with E-state index in [4.69, 9.17) is 12.8 Å². The zero-order chi connectivity index (χ0) is 16.7. The SMILES string of the molecule is [B]c1ccc(CN2CCCC2CN=C(NC(=C)CC)SC)cc1. The number of likely N-dealkylation sites (tertiary alicyclic amines) is 1. The van der Waals surface area contributed by atoms with Crippen LogP contribution in [0.1, 0.15) is 31.7 Å². The average Bonchev–Trinajstić information content (AvgIpc) is 3.00. The van der Waals surface area contributed by atoms with E-state index >= 15 is 0 Å². The van der Waals surface area contributed by atoms with Gasteiger partial charge in [0.25, 0.3) is 0 Å². The fraction of sp³-hybridized carbons (Fsp3) is 0.500. The van der Waals surface area contributed by atoms with Gasteiger partial charge in [-0.05, 0) is 37.6 Å². The molecule has 1 aliphatic rings. The molecule has 1 atom stereocenters. The van der Waals surface area contributed by atoms with E-state index in [9.17, 15) is 0 Å². The van der Waals surface area contributed by atoms with Crippen LogP contribution in [0.4, 0.5) is 0 Å². The first-order valence-electron chi connectivity index (χ1n) is 8.24. The van der Waals surface area contributed by atoms with Gasteiger partial charge in [0.1, 0.15) is 7.85 Å². The summed E-state index contributed by atoms with van der Waals surface area (Å²) in [6.45, 7) is 9.05. The summed E-state index contributed by atoms with van der Waals surface area (Å²) in [5.74, 6) is 0. The highest BCUT2D eigenvalue weighted by atomic mass is 32.2. The van der Waals surface area contributed by atoms with Crippen LogP contribution < -0.4 is 10.8 Å². The second kappa shape index (κ2) is 9.19. The van der Waals surface area contributed by atoms with Gasteiger partial charge in [0.05, 0.1) is 6.54 Å².